The lowest BCUT2D eigenvalue weighted by Gasteiger charge is -2.25. The van der Waals surface area contributed by atoms with Crippen LogP contribution in [0.1, 0.15) is 5.56 Å². The Bertz CT molecular complexity index is 1080. The van der Waals surface area contributed by atoms with E-state index in [4.69, 9.17) is 9.47 Å². The zero-order valence-corrected chi connectivity index (χ0v) is 19.5. The average Bonchev–Trinajstić information content (AvgIpc) is 2.76. The molecule has 2 rings (SSSR count). The fraction of sp³-hybridized carbons (Fsp3) is 0.381. The molecule has 0 atom stereocenters. The normalized spacial score (nSPS) is 11.9. The Kier molecular flexibility index (Phi) is 8.56. The minimum atomic E-state index is -4.69. The Morgan fingerprint density at radius 3 is 2.27 bits per heavy atom. The van der Waals surface area contributed by atoms with Gasteiger partial charge in [-0.1, -0.05) is 6.07 Å². The van der Waals surface area contributed by atoms with Crippen LogP contribution in [0.25, 0.3) is 0 Å². The summed E-state index contributed by atoms with van der Waals surface area (Å²) in [5.41, 5.74) is -1.34. The fourth-order valence-corrected chi connectivity index (χ4v) is 4.29. The number of halogens is 3. The molecule has 0 radical (unpaired) electrons. The second-order valence-electron chi connectivity index (χ2n) is 7.23. The zero-order valence-electron chi connectivity index (χ0n) is 18.6. The van der Waals surface area contributed by atoms with Gasteiger partial charge in [0.2, 0.25) is 5.91 Å². The summed E-state index contributed by atoms with van der Waals surface area (Å²) >= 11 is 0. The first-order valence-corrected chi connectivity index (χ1v) is 11.2. The summed E-state index contributed by atoms with van der Waals surface area (Å²) in [7, 11) is 1.83. The monoisotopic (exact) mass is 489 g/mol. The van der Waals surface area contributed by atoms with E-state index in [1.165, 1.54) is 38.5 Å². The van der Waals surface area contributed by atoms with E-state index in [0.29, 0.717) is 16.9 Å². The first-order chi connectivity index (χ1) is 15.4. The smallest absolute Gasteiger partial charge is 0.416 e. The van der Waals surface area contributed by atoms with Gasteiger partial charge in [0.25, 0.3) is 10.0 Å². The maximum Gasteiger partial charge on any atom is 0.416 e. The Morgan fingerprint density at radius 1 is 1.03 bits per heavy atom. The molecule has 1 N–H and O–H groups in total. The number of anilines is 1. The van der Waals surface area contributed by atoms with E-state index >= 15 is 0 Å². The highest BCUT2D eigenvalue weighted by molar-refractivity contribution is 7.92. The maximum absolute atomic E-state index is 13.4. The molecule has 0 saturated heterocycles. The van der Waals surface area contributed by atoms with Gasteiger partial charge in [-0.25, -0.2) is 8.42 Å². The van der Waals surface area contributed by atoms with Crippen molar-refractivity contribution >= 4 is 21.6 Å². The van der Waals surface area contributed by atoms with Crippen LogP contribution in [0.2, 0.25) is 0 Å². The number of benzene rings is 2. The number of likely N-dealkylation sites (N-methyl/N-ethyl adjacent to an activating group) is 1. The molecule has 0 aliphatic heterocycles. The highest BCUT2D eigenvalue weighted by Crippen LogP contribution is 2.35. The number of rotatable bonds is 10. The summed E-state index contributed by atoms with van der Waals surface area (Å²) in [6.45, 7) is 0.0157. The van der Waals surface area contributed by atoms with Crippen molar-refractivity contribution in [1.82, 2.24) is 10.2 Å². The first kappa shape index (κ1) is 26.3. The molecule has 0 aliphatic carbocycles. The van der Waals surface area contributed by atoms with Gasteiger partial charge in [0, 0.05) is 19.2 Å². The van der Waals surface area contributed by atoms with Gasteiger partial charge in [-0.2, -0.15) is 13.2 Å². The van der Waals surface area contributed by atoms with Crippen molar-refractivity contribution in [3.8, 4) is 11.5 Å². The Labute approximate surface area is 190 Å². The third kappa shape index (κ3) is 6.75. The summed E-state index contributed by atoms with van der Waals surface area (Å²) in [6, 6.07) is 7.54. The number of nitrogens with zero attached hydrogens (tertiary/aromatic N) is 2. The Morgan fingerprint density at radius 2 is 1.70 bits per heavy atom. The van der Waals surface area contributed by atoms with Crippen LogP contribution in [0.4, 0.5) is 18.9 Å². The number of hydrogen-bond donors (Lipinski definition) is 1. The van der Waals surface area contributed by atoms with E-state index in [0.717, 1.165) is 12.1 Å². The van der Waals surface area contributed by atoms with Crippen LogP contribution in [-0.4, -0.2) is 67.2 Å². The molecule has 8 nitrogen and oxygen atoms in total. The number of ether oxygens (including phenoxy) is 2. The lowest BCUT2D eigenvalue weighted by Crippen LogP contribution is -2.42. The lowest BCUT2D eigenvalue weighted by molar-refractivity contribution is -0.137. The minimum absolute atomic E-state index is 0.109. The second-order valence-corrected chi connectivity index (χ2v) is 9.09. The van der Waals surface area contributed by atoms with E-state index in [1.807, 2.05) is 4.90 Å². The fourth-order valence-electron chi connectivity index (χ4n) is 2.86. The van der Waals surface area contributed by atoms with E-state index in [-0.39, 0.29) is 28.6 Å². The largest absolute Gasteiger partial charge is 0.493 e. The molecule has 2 aromatic rings. The average molecular weight is 490 g/mol. The molecule has 0 heterocycles. The van der Waals surface area contributed by atoms with Crippen molar-refractivity contribution in [3.05, 3.63) is 48.0 Å². The topological polar surface area (TPSA) is 88.2 Å². The molecule has 0 aromatic heterocycles. The van der Waals surface area contributed by atoms with Crippen LogP contribution in [0.3, 0.4) is 0 Å². The van der Waals surface area contributed by atoms with E-state index < -0.39 is 34.2 Å². The standard InChI is InChI=1S/C21H26F3N3O5S/c1-26(2)11-10-25-20(28)14-27(16-7-5-6-15(12-16)21(22,23)24)33(29,30)17-8-9-18(31-3)19(13-17)32-4/h5-9,12-13H,10-11,14H2,1-4H3,(H,25,28). The number of amides is 1. The molecule has 1 amide bonds. The molecule has 0 spiro atoms. The predicted octanol–water partition coefficient (Wildman–Crippen LogP) is 2.60. The minimum Gasteiger partial charge on any atom is -0.493 e. The summed E-state index contributed by atoms with van der Waals surface area (Å²) in [5.74, 6) is -0.292. The summed E-state index contributed by atoms with van der Waals surface area (Å²) < 4.78 is 77.5. The van der Waals surface area contributed by atoms with Crippen molar-refractivity contribution in [2.45, 2.75) is 11.1 Å². The molecular formula is C21H26F3N3O5S. The number of sulfonamides is 1. The second kappa shape index (κ2) is 10.8. The molecule has 33 heavy (non-hydrogen) atoms. The van der Waals surface area contributed by atoms with Crippen LogP contribution in [0, 0.1) is 0 Å². The summed E-state index contributed by atoms with van der Waals surface area (Å²) in [4.78, 5) is 14.0. The third-order valence-corrected chi connectivity index (χ3v) is 6.34. The molecule has 182 valence electrons. The van der Waals surface area contributed by atoms with Gasteiger partial charge in [-0.05, 0) is 44.4 Å². The van der Waals surface area contributed by atoms with Crippen molar-refractivity contribution in [1.29, 1.82) is 0 Å². The van der Waals surface area contributed by atoms with Gasteiger partial charge in [0.05, 0.1) is 30.4 Å². The molecule has 2 aromatic carbocycles. The zero-order chi connectivity index (χ0) is 24.8. The van der Waals surface area contributed by atoms with Gasteiger partial charge in [0.1, 0.15) is 6.54 Å². The number of alkyl halides is 3. The molecule has 0 saturated carbocycles. The molecule has 0 aliphatic rings. The highest BCUT2D eigenvalue weighted by atomic mass is 32.2. The van der Waals surface area contributed by atoms with E-state index in [2.05, 4.69) is 5.32 Å². The van der Waals surface area contributed by atoms with Gasteiger partial charge in [0.15, 0.2) is 11.5 Å². The quantitative estimate of drug-likeness (QED) is 0.552. The summed E-state index contributed by atoms with van der Waals surface area (Å²) in [5, 5.41) is 2.57. The van der Waals surface area contributed by atoms with Gasteiger partial charge < -0.3 is 19.7 Å². The van der Waals surface area contributed by atoms with Crippen LogP contribution in [0.5, 0.6) is 11.5 Å². The molecule has 0 fully saturated rings. The van der Waals surface area contributed by atoms with Gasteiger partial charge >= 0.3 is 6.18 Å². The summed E-state index contributed by atoms with van der Waals surface area (Å²) in [6.07, 6.45) is -4.69. The SMILES string of the molecule is COc1ccc(S(=O)(=O)N(CC(=O)NCCN(C)C)c2cccc(C(F)(F)F)c2)cc1OC. The maximum atomic E-state index is 13.4. The number of methoxy groups -OCH3 is 2. The molecule has 0 unspecified atom stereocenters. The number of hydrogen-bond acceptors (Lipinski definition) is 6. The van der Waals surface area contributed by atoms with Crippen molar-refractivity contribution in [3.63, 3.8) is 0 Å². The van der Waals surface area contributed by atoms with E-state index in [9.17, 15) is 26.4 Å². The van der Waals surface area contributed by atoms with Crippen molar-refractivity contribution in [2.75, 3.05) is 52.3 Å². The van der Waals surface area contributed by atoms with Gasteiger partial charge in [-0.15, -0.1) is 0 Å². The predicted molar refractivity (Wildman–Crippen MR) is 117 cm³/mol. The van der Waals surface area contributed by atoms with Crippen LogP contribution in [0.15, 0.2) is 47.4 Å². The molecular weight excluding hydrogens is 463 g/mol. The van der Waals surface area contributed by atoms with Crippen LogP contribution < -0.4 is 19.1 Å². The molecule has 12 heteroatoms. The third-order valence-electron chi connectivity index (χ3n) is 4.57. The first-order valence-electron chi connectivity index (χ1n) is 9.73. The van der Waals surface area contributed by atoms with Crippen molar-refractivity contribution < 1.29 is 35.9 Å². The highest BCUT2D eigenvalue weighted by Gasteiger charge is 2.33. The number of carbonyl (C=O) groups is 1. The number of nitrogens with one attached hydrogen (secondary N) is 1. The number of carbonyl (C=O) groups excluding carboxylic acids is 1. The Balaban J connectivity index is 2.51. The Hall–Kier alpha value is -2.99. The van der Waals surface area contributed by atoms with E-state index in [1.54, 1.807) is 14.1 Å². The lowest BCUT2D eigenvalue weighted by atomic mass is 10.2. The molecule has 0 bridgehead atoms. The van der Waals surface area contributed by atoms with Crippen LogP contribution >= 0.6 is 0 Å². The van der Waals surface area contributed by atoms with Crippen molar-refractivity contribution in [2.24, 2.45) is 0 Å². The van der Waals surface area contributed by atoms with Gasteiger partial charge in [-0.3, -0.25) is 9.10 Å². The van der Waals surface area contributed by atoms with Crippen LogP contribution in [-0.2, 0) is 21.0 Å².